The molecule has 5 fully saturated rings. The standard InChI is InChI=1S/C28H38O9/c1-14-15(13-36-22(14)32)11-20(31)25(4,33)27(35)10-9-26(34)17-12-21-28(37-21)19(30)6-5-18(29)24(28,3)16(17)7-8-23(26,27)2/h5-6,14-17,20-21,31,33-35H,7-13H2,1-4H3/t14-,15-,16+,17-,20-,21-,23+,24+,25+,26-,27+,28-/m1/s1. The van der Waals surface area contributed by atoms with Crippen molar-refractivity contribution in [1.82, 2.24) is 0 Å². The molecule has 2 saturated heterocycles. The van der Waals surface area contributed by atoms with E-state index in [9.17, 15) is 34.8 Å². The molecule has 204 valence electrons. The molecule has 4 aliphatic carbocycles. The lowest BCUT2D eigenvalue weighted by Crippen LogP contribution is -2.73. The summed E-state index contributed by atoms with van der Waals surface area (Å²) < 4.78 is 11.1. The number of cyclic esters (lactones) is 1. The van der Waals surface area contributed by atoms with Crippen LogP contribution < -0.4 is 0 Å². The quantitative estimate of drug-likeness (QED) is 0.313. The minimum atomic E-state index is -1.98. The molecule has 0 bridgehead atoms. The fraction of sp³-hybridized carbons (Fsp3) is 0.821. The first-order chi connectivity index (χ1) is 17.1. The molecule has 4 N–H and O–H groups in total. The Labute approximate surface area is 216 Å². The van der Waals surface area contributed by atoms with E-state index in [1.54, 1.807) is 20.8 Å². The molecule has 6 rings (SSSR count). The van der Waals surface area contributed by atoms with Gasteiger partial charge in [0.05, 0.1) is 35.7 Å². The van der Waals surface area contributed by atoms with Crippen LogP contribution in [0.2, 0.25) is 0 Å². The molecule has 1 spiro atoms. The molecule has 0 aromatic carbocycles. The van der Waals surface area contributed by atoms with Gasteiger partial charge in [-0.1, -0.05) is 13.8 Å². The summed E-state index contributed by atoms with van der Waals surface area (Å²) in [4.78, 5) is 38.1. The van der Waals surface area contributed by atoms with Gasteiger partial charge in [0, 0.05) is 11.3 Å². The largest absolute Gasteiger partial charge is 0.465 e. The van der Waals surface area contributed by atoms with Gasteiger partial charge in [-0.15, -0.1) is 0 Å². The Morgan fingerprint density at radius 2 is 1.76 bits per heavy atom. The number of esters is 1. The normalized spacial score (nSPS) is 54.5. The van der Waals surface area contributed by atoms with Crippen molar-refractivity contribution in [2.24, 2.45) is 34.5 Å². The number of aliphatic hydroxyl groups excluding tert-OH is 1. The van der Waals surface area contributed by atoms with Gasteiger partial charge >= 0.3 is 5.97 Å². The van der Waals surface area contributed by atoms with E-state index in [1.807, 2.05) is 0 Å². The molecule has 0 radical (unpaired) electrons. The molecule has 12 atom stereocenters. The number of hydrogen-bond acceptors (Lipinski definition) is 9. The summed E-state index contributed by atoms with van der Waals surface area (Å²) in [6, 6.07) is 0. The fourth-order valence-corrected chi connectivity index (χ4v) is 9.51. The lowest BCUT2D eigenvalue weighted by molar-refractivity contribution is -0.281. The van der Waals surface area contributed by atoms with Gasteiger partial charge in [0.1, 0.15) is 11.2 Å². The summed E-state index contributed by atoms with van der Waals surface area (Å²) in [5.41, 5.74) is -8.72. The number of hydrogen-bond donors (Lipinski definition) is 4. The van der Waals surface area contributed by atoms with Gasteiger partial charge < -0.3 is 29.9 Å². The third-order valence-electron chi connectivity index (χ3n) is 12.3. The highest BCUT2D eigenvalue weighted by atomic mass is 16.6. The zero-order chi connectivity index (χ0) is 27.0. The number of fused-ring (bicyclic) bond motifs is 4. The lowest BCUT2D eigenvalue weighted by atomic mass is 9.42. The number of rotatable bonds is 4. The minimum Gasteiger partial charge on any atom is -0.465 e. The molecule has 6 aliphatic rings. The van der Waals surface area contributed by atoms with E-state index in [0.29, 0.717) is 19.3 Å². The minimum absolute atomic E-state index is 0.0586. The molecule has 2 heterocycles. The molecule has 0 amide bonds. The average Bonchev–Trinajstić information content (AvgIpc) is 3.46. The maximum atomic E-state index is 13.3. The van der Waals surface area contributed by atoms with Gasteiger partial charge in [-0.2, -0.15) is 0 Å². The Morgan fingerprint density at radius 3 is 2.41 bits per heavy atom. The summed E-state index contributed by atoms with van der Waals surface area (Å²) in [6.07, 6.45) is 2.26. The zero-order valence-corrected chi connectivity index (χ0v) is 21.9. The van der Waals surface area contributed by atoms with Gasteiger partial charge in [0.2, 0.25) is 0 Å². The lowest BCUT2D eigenvalue weighted by Gasteiger charge is -2.63. The Balaban J connectivity index is 1.33. The summed E-state index contributed by atoms with van der Waals surface area (Å²) >= 11 is 0. The topological polar surface area (TPSA) is 154 Å². The van der Waals surface area contributed by atoms with Crippen LogP contribution in [0.5, 0.6) is 0 Å². The predicted molar refractivity (Wildman–Crippen MR) is 128 cm³/mol. The number of ketones is 2. The van der Waals surface area contributed by atoms with Crippen LogP contribution in [-0.4, -0.2) is 79.2 Å². The van der Waals surface area contributed by atoms with E-state index in [2.05, 4.69) is 0 Å². The number of allylic oxidation sites excluding steroid dienone is 1. The molecular formula is C28H38O9. The van der Waals surface area contributed by atoms with Crippen molar-refractivity contribution in [1.29, 1.82) is 0 Å². The number of epoxide rings is 1. The van der Waals surface area contributed by atoms with E-state index in [1.165, 1.54) is 19.1 Å². The van der Waals surface area contributed by atoms with Crippen LogP contribution >= 0.6 is 0 Å². The second kappa shape index (κ2) is 7.30. The van der Waals surface area contributed by atoms with Gasteiger partial charge in [-0.3, -0.25) is 14.4 Å². The van der Waals surface area contributed by atoms with E-state index < -0.39 is 57.3 Å². The number of carbonyl (C=O) groups excluding carboxylic acids is 3. The SMILES string of the molecule is C[C@H]1C(=O)OC[C@H]1C[C@@H](O)[C@](C)(O)[C@]1(O)CC[C@@]2(O)[C@@H]3C[C@H]4O[C@]45C(=O)C=CC(=O)[C@]5(C)[C@H]3CC[C@]12C. The molecule has 2 aliphatic heterocycles. The van der Waals surface area contributed by atoms with E-state index in [4.69, 9.17) is 9.47 Å². The van der Waals surface area contributed by atoms with Crippen LogP contribution in [0.3, 0.4) is 0 Å². The van der Waals surface area contributed by atoms with Crippen LogP contribution in [0.25, 0.3) is 0 Å². The Morgan fingerprint density at radius 1 is 1.08 bits per heavy atom. The molecule has 9 heteroatoms. The zero-order valence-electron chi connectivity index (χ0n) is 21.9. The first kappa shape index (κ1) is 25.6. The van der Waals surface area contributed by atoms with Crippen molar-refractivity contribution in [3.05, 3.63) is 12.2 Å². The Hall–Kier alpha value is -1.65. The maximum absolute atomic E-state index is 13.3. The van der Waals surface area contributed by atoms with E-state index >= 15 is 0 Å². The van der Waals surface area contributed by atoms with Crippen molar-refractivity contribution in [3.63, 3.8) is 0 Å². The Bertz CT molecular complexity index is 1110. The van der Waals surface area contributed by atoms with Gasteiger partial charge in [-0.25, -0.2) is 0 Å². The smallest absolute Gasteiger partial charge is 0.309 e. The Kier molecular flexibility index (Phi) is 5.05. The fourth-order valence-electron chi connectivity index (χ4n) is 9.51. The van der Waals surface area contributed by atoms with Crippen molar-refractivity contribution < 1.29 is 44.3 Å². The number of aliphatic hydroxyl groups is 4. The highest BCUT2D eigenvalue weighted by molar-refractivity contribution is 6.15. The second-order valence-corrected chi connectivity index (χ2v) is 13.3. The summed E-state index contributed by atoms with van der Waals surface area (Å²) in [6.45, 7) is 6.84. The molecule has 37 heavy (non-hydrogen) atoms. The first-order valence-corrected chi connectivity index (χ1v) is 13.6. The van der Waals surface area contributed by atoms with Gasteiger partial charge in [0.25, 0.3) is 0 Å². The predicted octanol–water partition coefficient (Wildman–Crippen LogP) is 0.842. The van der Waals surface area contributed by atoms with Crippen LogP contribution in [0, 0.1) is 34.5 Å². The molecule has 0 unspecified atom stereocenters. The van der Waals surface area contributed by atoms with Crippen molar-refractivity contribution in [3.8, 4) is 0 Å². The van der Waals surface area contributed by atoms with Gasteiger partial charge in [0.15, 0.2) is 17.2 Å². The molecule has 0 aromatic heterocycles. The second-order valence-electron chi connectivity index (χ2n) is 13.3. The van der Waals surface area contributed by atoms with Crippen LogP contribution in [-0.2, 0) is 23.9 Å². The van der Waals surface area contributed by atoms with Crippen molar-refractivity contribution in [2.75, 3.05) is 6.61 Å². The monoisotopic (exact) mass is 518 g/mol. The first-order valence-electron chi connectivity index (χ1n) is 13.6. The molecule has 0 aromatic rings. The van der Waals surface area contributed by atoms with Crippen molar-refractivity contribution in [2.45, 2.75) is 101 Å². The molecular weight excluding hydrogens is 480 g/mol. The highest BCUT2D eigenvalue weighted by Crippen LogP contribution is 2.74. The van der Waals surface area contributed by atoms with E-state index in [0.717, 1.165) is 0 Å². The molecule has 9 nitrogen and oxygen atoms in total. The highest BCUT2D eigenvalue weighted by Gasteiger charge is 2.84. The van der Waals surface area contributed by atoms with Gasteiger partial charge in [-0.05, 0) is 76.4 Å². The average molecular weight is 519 g/mol. The number of carbonyl (C=O) groups is 3. The van der Waals surface area contributed by atoms with E-state index in [-0.39, 0.29) is 55.2 Å². The van der Waals surface area contributed by atoms with Crippen LogP contribution in [0.4, 0.5) is 0 Å². The summed E-state index contributed by atoms with van der Waals surface area (Å²) in [7, 11) is 0. The van der Waals surface area contributed by atoms with Crippen molar-refractivity contribution >= 4 is 17.5 Å². The third kappa shape index (κ3) is 2.66. The summed E-state index contributed by atoms with van der Waals surface area (Å²) in [5, 5.41) is 47.6. The van der Waals surface area contributed by atoms with Crippen LogP contribution in [0.1, 0.15) is 66.2 Å². The molecule has 3 saturated carbocycles. The number of ether oxygens (including phenoxy) is 2. The summed E-state index contributed by atoms with van der Waals surface area (Å²) in [5.74, 6) is -2.18. The third-order valence-corrected chi connectivity index (χ3v) is 12.3. The maximum Gasteiger partial charge on any atom is 0.309 e. The van der Waals surface area contributed by atoms with Crippen LogP contribution in [0.15, 0.2) is 12.2 Å².